The number of anilines is 1. The Kier molecular flexibility index (Phi) is 6.97. The van der Waals surface area contributed by atoms with Crippen LogP contribution >= 0.6 is 11.6 Å². The number of rotatable bonds is 8. The first-order chi connectivity index (χ1) is 14.0. The van der Waals surface area contributed by atoms with Crippen LogP contribution in [-0.2, 0) is 24.3 Å². The monoisotopic (exact) mass is 411 g/mol. The van der Waals surface area contributed by atoms with E-state index in [0.29, 0.717) is 30.2 Å². The van der Waals surface area contributed by atoms with Crippen molar-refractivity contribution < 1.29 is 4.79 Å². The standard InChI is InChI=1S/C21H22ClN5O2/c1-15-12-26-20(24-10-8-18-7-2-3-9-23-18)21(29)27(15)14-19(28)25-13-16-5-4-6-17(22)11-16/h2-7,9,11-12H,8,10,13-14H2,1H3,(H,24,26)(H,25,28). The second-order valence-corrected chi connectivity index (χ2v) is 6.98. The van der Waals surface area contributed by atoms with Crippen molar-refractivity contribution in [3.8, 4) is 0 Å². The number of aryl methyl sites for hydroxylation is 1. The molecule has 3 rings (SSSR count). The van der Waals surface area contributed by atoms with Gasteiger partial charge in [0.25, 0.3) is 5.56 Å². The van der Waals surface area contributed by atoms with Crippen LogP contribution in [0.25, 0.3) is 0 Å². The molecule has 3 aromatic rings. The second-order valence-electron chi connectivity index (χ2n) is 6.54. The van der Waals surface area contributed by atoms with Gasteiger partial charge in [-0.15, -0.1) is 0 Å². The quantitative estimate of drug-likeness (QED) is 0.594. The Hall–Kier alpha value is -3.19. The molecule has 2 N–H and O–H groups in total. The van der Waals surface area contributed by atoms with Crippen LogP contribution in [0.15, 0.2) is 59.7 Å². The van der Waals surface area contributed by atoms with Crippen LogP contribution in [0.2, 0.25) is 5.02 Å². The van der Waals surface area contributed by atoms with Gasteiger partial charge >= 0.3 is 0 Å². The first-order valence-corrected chi connectivity index (χ1v) is 9.62. The molecular weight excluding hydrogens is 390 g/mol. The third kappa shape index (κ3) is 5.89. The fourth-order valence-electron chi connectivity index (χ4n) is 2.79. The fourth-order valence-corrected chi connectivity index (χ4v) is 3.00. The SMILES string of the molecule is Cc1cnc(NCCc2ccccn2)c(=O)n1CC(=O)NCc1cccc(Cl)c1. The number of nitrogens with one attached hydrogen (secondary N) is 2. The predicted octanol–water partition coefficient (Wildman–Crippen LogP) is 2.57. The summed E-state index contributed by atoms with van der Waals surface area (Å²) in [7, 11) is 0. The zero-order valence-corrected chi connectivity index (χ0v) is 16.8. The van der Waals surface area contributed by atoms with Gasteiger partial charge in [0.15, 0.2) is 5.82 Å². The highest BCUT2D eigenvalue weighted by molar-refractivity contribution is 6.30. The second kappa shape index (κ2) is 9.84. The smallest absolute Gasteiger partial charge is 0.293 e. The Morgan fingerprint density at radius 3 is 2.79 bits per heavy atom. The van der Waals surface area contributed by atoms with E-state index in [1.807, 2.05) is 30.3 Å². The summed E-state index contributed by atoms with van der Waals surface area (Å²) in [5, 5.41) is 6.45. The molecule has 2 aromatic heterocycles. The zero-order valence-electron chi connectivity index (χ0n) is 16.1. The van der Waals surface area contributed by atoms with Gasteiger partial charge in [-0.3, -0.25) is 19.1 Å². The Bertz CT molecular complexity index is 1040. The molecule has 0 unspecified atom stereocenters. The Morgan fingerprint density at radius 2 is 2.03 bits per heavy atom. The summed E-state index contributed by atoms with van der Waals surface area (Å²) in [5.41, 5.74) is 2.10. The van der Waals surface area contributed by atoms with Crippen LogP contribution in [0.1, 0.15) is 17.0 Å². The van der Waals surface area contributed by atoms with E-state index in [9.17, 15) is 9.59 Å². The molecule has 0 saturated carbocycles. The zero-order chi connectivity index (χ0) is 20.6. The highest BCUT2D eigenvalue weighted by Gasteiger charge is 2.11. The van der Waals surface area contributed by atoms with Crippen molar-refractivity contribution in [1.82, 2.24) is 19.9 Å². The summed E-state index contributed by atoms with van der Waals surface area (Å²) in [6.45, 7) is 2.52. The van der Waals surface area contributed by atoms with Gasteiger partial charge in [-0.2, -0.15) is 0 Å². The Labute approximate surface area is 173 Å². The van der Waals surface area contributed by atoms with Crippen molar-refractivity contribution in [2.75, 3.05) is 11.9 Å². The maximum Gasteiger partial charge on any atom is 0.293 e. The molecule has 7 nitrogen and oxygen atoms in total. The molecule has 2 heterocycles. The van der Waals surface area contributed by atoms with E-state index in [-0.39, 0.29) is 23.8 Å². The van der Waals surface area contributed by atoms with Crippen molar-refractivity contribution >= 4 is 23.3 Å². The normalized spacial score (nSPS) is 10.6. The minimum absolute atomic E-state index is 0.0807. The van der Waals surface area contributed by atoms with Crippen LogP contribution < -0.4 is 16.2 Å². The number of aromatic nitrogens is 3. The van der Waals surface area contributed by atoms with E-state index in [2.05, 4.69) is 20.6 Å². The maximum absolute atomic E-state index is 12.7. The van der Waals surface area contributed by atoms with Crippen LogP contribution in [0.5, 0.6) is 0 Å². The van der Waals surface area contributed by atoms with Crippen molar-refractivity contribution in [3.05, 3.63) is 87.2 Å². The number of carbonyl (C=O) groups is 1. The first-order valence-electron chi connectivity index (χ1n) is 9.24. The van der Waals surface area contributed by atoms with Crippen molar-refractivity contribution in [3.63, 3.8) is 0 Å². The summed E-state index contributed by atoms with van der Waals surface area (Å²) in [6.07, 6.45) is 3.97. The van der Waals surface area contributed by atoms with E-state index in [1.54, 1.807) is 31.5 Å². The number of hydrogen-bond acceptors (Lipinski definition) is 5. The van der Waals surface area contributed by atoms with Gasteiger partial charge in [0.2, 0.25) is 5.91 Å². The molecular formula is C21H22ClN5O2. The minimum Gasteiger partial charge on any atom is -0.365 e. The van der Waals surface area contributed by atoms with E-state index < -0.39 is 0 Å². The molecule has 0 aliphatic heterocycles. The van der Waals surface area contributed by atoms with Gasteiger partial charge < -0.3 is 10.6 Å². The molecule has 0 atom stereocenters. The number of pyridine rings is 1. The summed E-state index contributed by atoms with van der Waals surface area (Å²) >= 11 is 5.95. The summed E-state index contributed by atoms with van der Waals surface area (Å²) < 4.78 is 1.41. The molecule has 0 saturated heterocycles. The van der Waals surface area contributed by atoms with Gasteiger partial charge in [-0.25, -0.2) is 4.98 Å². The number of halogens is 1. The van der Waals surface area contributed by atoms with Crippen molar-refractivity contribution in [2.45, 2.75) is 26.4 Å². The summed E-state index contributed by atoms with van der Waals surface area (Å²) in [5.74, 6) is -0.0463. The molecule has 0 fully saturated rings. The third-order valence-electron chi connectivity index (χ3n) is 4.33. The Balaban J connectivity index is 1.60. The highest BCUT2D eigenvalue weighted by Crippen LogP contribution is 2.10. The summed E-state index contributed by atoms with van der Waals surface area (Å²) in [6, 6.07) is 13.0. The van der Waals surface area contributed by atoms with E-state index in [0.717, 1.165) is 11.3 Å². The molecule has 150 valence electrons. The van der Waals surface area contributed by atoms with Crippen LogP contribution in [0.4, 0.5) is 5.82 Å². The molecule has 1 aromatic carbocycles. The molecule has 0 aliphatic carbocycles. The van der Waals surface area contributed by atoms with Gasteiger partial charge in [-0.05, 0) is 36.8 Å². The predicted molar refractivity (Wildman–Crippen MR) is 113 cm³/mol. The van der Waals surface area contributed by atoms with Gasteiger partial charge in [-0.1, -0.05) is 29.8 Å². The average molecular weight is 412 g/mol. The molecule has 0 radical (unpaired) electrons. The molecule has 0 spiro atoms. The first kappa shape index (κ1) is 20.5. The largest absolute Gasteiger partial charge is 0.365 e. The minimum atomic E-state index is -0.330. The lowest BCUT2D eigenvalue weighted by Gasteiger charge is -2.12. The van der Waals surface area contributed by atoms with E-state index in [1.165, 1.54) is 4.57 Å². The van der Waals surface area contributed by atoms with Gasteiger partial charge in [0.1, 0.15) is 6.54 Å². The summed E-state index contributed by atoms with van der Waals surface area (Å²) in [4.78, 5) is 33.5. The number of amides is 1. The third-order valence-corrected chi connectivity index (χ3v) is 4.57. The molecule has 8 heteroatoms. The molecule has 0 aliphatic rings. The lowest BCUT2D eigenvalue weighted by molar-refractivity contribution is -0.121. The fraction of sp³-hybridized carbons (Fsp3) is 0.238. The molecule has 0 bridgehead atoms. The highest BCUT2D eigenvalue weighted by atomic mass is 35.5. The Morgan fingerprint density at radius 1 is 1.17 bits per heavy atom. The number of hydrogen-bond donors (Lipinski definition) is 2. The molecule has 1 amide bonds. The lowest BCUT2D eigenvalue weighted by Crippen LogP contribution is -2.34. The van der Waals surface area contributed by atoms with Crippen molar-refractivity contribution in [1.29, 1.82) is 0 Å². The van der Waals surface area contributed by atoms with Gasteiger partial charge in [0.05, 0.1) is 0 Å². The van der Waals surface area contributed by atoms with E-state index in [4.69, 9.17) is 11.6 Å². The van der Waals surface area contributed by atoms with Crippen LogP contribution in [0, 0.1) is 6.92 Å². The van der Waals surface area contributed by atoms with Crippen LogP contribution in [0.3, 0.4) is 0 Å². The topological polar surface area (TPSA) is 88.9 Å². The van der Waals surface area contributed by atoms with Gasteiger partial charge in [0, 0.05) is 48.3 Å². The number of benzene rings is 1. The van der Waals surface area contributed by atoms with E-state index >= 15 is 0 Å². The maximum atomic E-state index is 12.7. The molecule has 29 heavy (non-hydrogen) atoms. The average Bonchev–Trinajstić information content (AvgIpc) is 2.72. The lowest BCUT2D eigenvalue weighted by atomic mass is 10.2. The number of carbonyl (C=O) groups excluding carboxylic acids is 1. The number of nitrogens with zero attached hydrogens (tertiary/aromatic N) is 3. The van der Waals surface area contributed by atoms with Crippen molar-refractivity contribution in [2.24, 2.45) is 0 Å². The van der Waals surface area contributed by atoms with Crippen LogP contribution in [-0.4, -0.2) is 27.0 Å².